The van der Waals surface area contributed by atoms with Crippen LogP contribution in [0.1, 0.15) is 0 Å². The first-order chi connectivity index (χ1) is 9.54. The fraction of sp³-hybridized carbons (Fsp3) is 0.385. The van der Waals surface area contributed by atoms with E-state index in [1.54, 1.807) is 0 Å². The molecule has 1 aromatic rings. The summed E-state index contributed by atoms with van der Waals surface area (Å²) in [4.78, 5) is 26.2. The van der Waals surface area contributed by atoms with E-state index in [4.69, 9.17) is 11.5 Å². The normalized spacial score (nSPS) is 15.9. The number of amides is 3. The van der Waals surface area contributed by atoms with Crippen LogP contribution in [0.4, 0.5) is 16.2 Å². The molecule has 0 aromatic heterocycles. The second-order valence-corrected chi connectivity index (χ2v) is 4.77. The Bertz CT molecular complexity index is 480. The smallest absolute Gasteiger partial charge is 0.318 e. The van der Waals surface area contributed by atoms with Crippen LogP contribution in [0.5, 0.6) is 0 Å². The van der Waals surface area contributed by atoms with Crippen molar-refractivity contribution in [3.05, 3.63) is 24.3 Å². The van der Waals surface area contributed by atoms with Crippen molar-refractivity contribution >= 4 is 23.3 Å². The van der Waals surface area contributed by atoms with Crippen LogP contribution in [-0.2, 0) is 4.79 Å². The summed E-state index contributed by atoms with van der Waals surface area (Å²) in [7, 11) is 0. The molecular formula is C13H19N5O2. The molecule has 108 valence electrons. The van der Waals surface area contributed by atoms with Crippen molar-refractivity contribution < 1.29 is 9.59 Å². The molecule has 0 unspecified atom stereocenters. The number of nitrogens with zero attached hydrogens (tertiary/aromatic N) is 2. The quantitative estimate of drug-likeness (QED) is 0.651. The molecule has 0 radical (unpaired) electrons. The highest BCUT2D eigenvalue weighted by molar-refractivity contribution is 5.94. The van der Waals surface area contributed by atoms with Crippen molar-refractivity contribution in [3.8, 4) is 0 Å². The Morgan fingerprint density at radius 2 is 1.70 bits per heavy atom. The van der Waals surface area contributed by atoms with E-state index in [-0.39, 0.29) is 12.5 Å². The molecule has 5 N–H and O–H groups in total. The average Bonchev–Trinajstić information content (AvgIpc) is 2.39. The van der Waals surface area contributed by atoms with E-state index in [0.29, 0.717) is 0 Å². The summed E-state index contributed by atoms with van der Waals surface area (Å²) in [6.45, 7) is 3.37. The molecule has 0 spiro atoms. The van der Waals surface area contributed by atoms with E-state index < -0.39 is 6.03 Å². The third-order valence-electron chi connectivity index (χ3n) is 3.26. The summed E-state index contributed by atoms with van der Waals surface area (Å²) >= 11 is 0. The van der Waals surface area contributed by atoms with Gasteiger partial charge in [0.15, 0.2) is 0 Å². The van der Waals surface area contributed by atoms with Gasteiger partial charge < -0.3 is 16.4 Å². The van der Waals surface area contributed by atoms with E-state index in [2.05, 4.69) is 10.2 Å². The van der Waals surface area contributed by atoms with E-state index in [1.165, 1.54) is 0 Å². The molecule has 0 aliphatic carbocycles. The molecule has 2 rings (SSSR count). The molecule has 1 heterocycles. The number of piperazine rings is 1. The van der Waals surface area contributed by atoms with Gasteiger partial charge in [-0.15, -0.1) is 0 Å². The predicted octanol–water partition coefficient (Wildman–Crippen LogP) is -0.414. The number of imide groups is 1. The fourth-order valence-electron chi connectivity index (χ4n) is 2.23. The van der Waals surface area contributed by atoms with Gasteiger partial charge in [-0.1, -0.05) is 0 Å². The third-order valence-corrected chi connectivity index (χ3v) is 3.26. The minimum Gasteiger partial charge on any atom is -0.399 e. The van der Waals surface area contributed by atoms with Gasteiger partial charge >= 0.3 is 6.03 Å². The van der Waals surface area contributed by atoms with Gasteiger partial charge in [0, 0.05) is 37.6 Å². The minimum atomic E-state index is -0.810. The number of nitrogens with one attached hydrogen (secondary N) is 1. The summed E-state index contributed by atoms with van der Waals surface area (Å²) in [5.41, 5.74) is 12.4. The van der Waals surface area contributed by atoms with E-state index in [9.17, 15) is 9.59 Å². The molecule has 7 nitrogen and oxygen atoms in total. The van der Waals surface area contributed by atoms with Crippen molar-refractivity contribution in [1.29, 1.82) is 0 Å². The lowest BCUT2D eigenvalue weighted by Gasteiger charge is -2.35. The highest BCUT2D eigenvalue weighted by atomic mass is 16.2. The Morgan fingerprint density at radius 1 is 1.10 bits per heavy atom. The third kappa shape index (κ3) is 3.86. The molecule has 1 aromatic carbocycles. The van der Waals surface area contributed by atoms with Crippen molar-refractivity contribution in [2.24, 2.45) is 5.73 Å². The molecular weight excluding hydrogens is 258 g/mol. The molecule has 0 atom stereocenters. The molecule has 1 aliphatic heterocycles. The number of nitrogens with two attached hydrogens (primary N) is 2. The Morgan fingerprint density at radius 3 is 2.25 bits per heavy atom. The summed E-state index contributed by atoms with van der Waals surface area (Å²) in [5.74, 6) is -0.363. The van der Waals surface area contributed by atoms with Crippen LogP contribution in [0.3, 0.4) is 0 Å². The maximum atomic E-state index is 11.4. The molecule has 3 amide bonds. The van der Waals surface area contributed by atoms with Crippen LogP contribution in [0.15, 0.2) is 24.3 Å². The first-order valence-corrected chi connectivity index (χ1v) is 6.47. The zero-order valence-electron chi connectivity index (χ0n) is 11.2. The lowest BCUT2D eigenvalue weighted by molar-refractivity contribution is -0.121. The number of urea groups is 1. The van der Waals surface area contributed by atoms with Gasteiger partial charge in [-0.05, 0) is 24.3 Å². The second kappa shape index (κ2) is 6.25. The van der Waals surface area contributed by atoms with Gasteiger partial charge in [-0.2, -0.15) is 0 Å². The molecule has 0 bridgehead atoms. The first kappa shape index (κ1) is 14.1. The molecule has 0 saturated carbocycles. The molecule has 20 heavy (non-hydrogen) atoms. The summed E-state index contributed by atoms with van der Waals surface area (Å²) in [6, 6.07) is 6.93. The number of nitrogen functional groups attached to an aromatic ring is 1. The number of hydrogen-bond acceptors (Lipinski definition) is 5. The van der Waals surface area contributed by atoms with E-state index >= 15 is 0 Å². The topological polar surface area (TPSA) is 105 Å². The number of benzene rings is 1. The highest BCUT2D eigenvalue weighted by Crippen LogP contribution is 2.17. The summed E-state index contributed by atoms with van der Waals surface area (Å²) in [6.07, 6.45) is 0. The summed E-state index contributed by atoms with van der Waals surface area (Å²) in [5, 5.41) is 2.07. The van der Waals surface area contributed by atoms with E-state index in [1.807, 2.05) is 29.2 Å². The number of carbonyl (C=O) groups is 2. The van der Waals surface area contributed by atoms with Gasteiger partial charge in [-0.3, -0.25) is 15.0 Å². The second-order valence-electron chi connectivity index (χ2n) is 4.77. The van der Waals surface area contributed by atoms with Gasteiger partial charge in [0.1, 0.15) is 0 Å². The average molecular weight is 277 g/mol. The standard InChI is InChI=1S/C13H19N5O2/c14-10-1-3-11(4-2-10)18-7-5-17(6-8-18)9-12(19)16-13(15)20/h1-4H,5-9,14H2,(H3,15,16,19,20). The van der Waals surface area contributed by atoms with Gasteiger partial charge in [0.2, 0.25) is 5.91 Å². The van der Waals surface area contributed by atoms with Crippen LogP contribution < -0.4 is 21.7 Å². The van der Waals surface area contributed by atoms with Crippen molar-refractivity contribution in [3.63, 3.8) is 0 Å². The highest BCUT2D eigenvalue weighted by Gasteiger charge is 2.19. The first-order valence-electron chi connectivity index (χ1n) is 6.47. The number of rotatable bonds is 3. The molecule has 1 fully saturated rings. The number of anilines is 2. The van der Waals surface area contributed by atoms with Crippen molar-refractivity contribution in [2.45, 2.75) is 0 Å². The van der Waals surface area contributed by atoms with Crippen molar-refractivity contribution in [1.82, 2.24) is 10.2 Å². The minimum absolute atomic E-state index is 0.193. The maximum Gasteiger partial charge on any atom is 0.318 e. The van der Waals surface area contributed by atoms with Crippen LogP contribution >= 0.6 is 0 Å². The molecule has 1 saturated heterocycles. The Balaban J connectivity index is 1.81. The number of hydrogen-bond donors (Lipinski definition) is 3. The van der Waals surface area contributed by atoms with E-state index in [0.717, 1.165) is 37.6 Å². The predicted molar refractivity (Wildman–Crippen MR) is 77.2 cm³/mol. The van der Waals surface area contributed by atoms with Gasteiger partial charge in [0.05, 0.1) is 6.54 Å². The SMILES string of the molecule is NC(=O)NC(=O)CN1CCN(c2ccc(N)cc2)CC1. The van der Waals surface area contributed by atoms with Crippen LogP contribution in [0.25, 0.3) is 0 Å². The Hall–Kier alpha value is -2.28. The maximum absolute atomic E-state index is 11.4. The summed E-state index contributed by atoms with van der Waals surface area (Å²) < 4.78 is 0. The molecule has 1 aliphatic rings. The Kier molecular flexibility index (Phi) is 4.41. The fourth-order valence-corrected chi connectivity index (χ4v) is 2.23. The van der Waals surface area contributed by atoms with Gasteiger partial charge in [0.25, 0.3) is 0 Å². The Labute approximate surface area is 117 Å². The lowest BCUT2D eigenvalue weighted by atomic mass is 10.2. The number of primary amides is 1. The monoisotopic (exact) mass is 277 g/mol. The van der Waals surface area contributed by atoms with Crippen LogP contribution in [0, 0.1) is 0 Å². The molecule has 7 heteroatoms. The van der Waals surface area contributed by atoms with Crippen LogP contribution in [0.2, 0.25) is 0 Å². The zero-order chi connectivity index (χ0) is 14.5. The largest absolute Gasteiger partial charge is 0.399 e. The van der Waals surface area contributed by atoms with Crippen LogP contribution in [-0.4, -0.2) is 49.6 Å². The van der Waals surface area contributed by atoms with Crippen molar-refractivity contribution in [2.75, 3.05) is 43.4 Å². The zero-order valence-corrected chi connectivity index (χ0v) is 11.2. The number of carbonyl (C=O) groups excluding carboxylic acids is 2. The lowest BCUT2D eigenvalue weighted by Crippen LogP contribution is -2.50. The van der Waals surface area contributed by atoms with Gasteiger partial charge in [-0.25, -0.2) is 4.79 Å².